The Morgan fingerprint density at radius 2 is 1.89 bits per heavy atom. The molecule has 1 N–H and O–H groups in total. The summed E-state index contributed by atoms with van der Waals surface area (Å²) in [7, 11) is 0. The maximum atomic E-state index is 12.6. The molecule has 5 nitrogen and oxygen atoms in total. The number of aliphatic hydroxyl groups excluding tert-OH is 1. The molecule has 0 aromatic carbocycles. The van der Waals surface area contributed by atoms with Crippen LogP contribution in [-0.4, -0.2) is 47.2 Å². The van der Waals surface area contributed by atoms with Crippen molar-refractivity contribution >= 4 is 11.9 Å². The highest BCUT2D eigenvalue weighted by atomic mass is 16.5. The molecule has 0 bridgehead atoms. The summed E-state index contributed by atoms with van der Waals surface area (Å²) in [6.07, 6.45) is 14.2. The molecule has 2 atom stereocenters. The molecular formula is C22H39NO4. The topological polar surface area (TPSA) is 66.8 Å². The molecule has 1 fully saturated rings. The Morgan fingerprint density at radius 1 is 1.11 bits per heavy atom. The number of unbranched alkanes of at least 4 members (excludes halogenated alkanes) is 4. The summed E-state index contributed by atoms with van der Waals surface area (Å²) in [5.74, 6) is 0.0449. The third kappa shape index (κ3) is 10.5. The van der Waals surface area contributed by atoms with Gasteiger partial charge in [-0.25, -0.2) is 0 Å². The molecule has 27 heavy (non-hydrogen) atoms. The van der Waals surface area contributed by atoms with Gasteiger partial charge < -0.3 is 14.7 Å². The van der Waals surface area contributed by atoms with E-state index in [9.17, 15) is 14.7 Å². The normalized spacial score (nSPS) is 18.6. The number of hydrogen-bond donors (Lipinski definition) is 1. The average Bonchev–Trinajstić information content (AvgIpc) is 2.66. The summed E-state index contributed by atoms with van der Waals surface area (Å²) in [6, 6.07) is 0.117. The number of ether oxygens (including phenoxy) is 1. The summed E-state index contributed by atoms with van der Waals surface area (Å²) in [6.45, 7) is 5.20. The Labute approximate surface area is 165 Å². The Hall–Kier alpha value is -1.36. The SMILES string of the molecule is CCCCCC(O)/C=C/C1CCCCN1C(=O)CCCCCC(=O)OCC. The first kappa shape index (κ1) is 23.7. The molecule has 0 aliphatic carbocycles. The maximum Gasteiger partial charge on any atom is 0.305 e. The summed E-state index contributed by atoms with van der Waals surface area (Å²) in [5.41, 5.74) is 0. The predicted octanol–water partition coefficient (Wildman–Crippen LogP) is 4.38. The van der Waals surface area contributed by atoms with Crippen molar-refractivity contribution in [3.05, 3.63) is 12.2 Å². The smallest absolute Gasteiger partial charge is 0.305 e. The van der Waals surface area contributed by atoms with Crippen LogP contribution in [0.2, 0.25) is 0 Å². The van der Waals surface area contributed by atoms with Crippen molar-refractivity contribution in [3.8, 4) is 0 Å². The summed E-state index contributed by atoms with van der Waals surface area (Å²) in [5, 5.41) is 10.1. The van der Waals surface area contributed by atoms with Crippen LogP contribution in [0.15, 0.2) is 12.2 Å². The molecule has 2 unspecified atom stereocenters. The maximum absolute atomic E-state index is 12.6. The van der Waals surface area contributed by atoms with Gasteiger partial charge >= 0.3 is 5.97 Å². The molecule has 1 aliphatic heterocycles. The Kier molecular flexibility index (Phi) is 12.9. The zero-order valence-corrected chi connectivity index (χ0v) is 17.3. The van der Waals surface area contributed by atoms with E-state index in [1.165, 1.54) is 0 Å². The zero-order valence-electron chi connectivity index (χ0n) is 17.3. The van der Waals surface area contributed by atoms with Crippen LogP contribution in [0.1, 0.15) is 90.9 Å². The number of carbonyl (C=O) groups is 2. The minimum absolute atomic E-state index is 0.117. The summed E-state index contributed by atoms with van der Waals surface area (Å²) < 4.78 is 4.91. The first-order valence-electron chi connectivity index (χ1n) is 10.9. The van der Waals surface area contributed by atoms with E-state index in [1.54, 1.807) is 0 Å². The van der Waals surface area contributed by atoms with E-state index in [1.807, 2.05) is 24.0 Å². The molecular weight excluding hydrogens is 342 g/mol. The Balaban J connectivity index is 2.34. The van der Waals surface area contributed by atoms with Gasteiger partial charge in [0.15, 0.2) is 0 Å². The van der Waals surface area contributed by atoms with E-state index in [0.717, 1.165) is 70.8 Å². The number of rotatable bonds is 13. The lowest BCUT2D eigenvalue weighted by Gasteiger charge is -2.34. The van der Waals surface area contributed by atoms with Crippen LogP contribution in [0.5, 0.6) is 0 Å². The van der Waals surface area contributed by atoms with Crippen LogP contribution in [0, 0.1) is 0 Å². The van der Waals surface area contributed by atoms with E-state index in [0.29, 0.717) is 19.4 Å². The predicted molar refractivity (Wildman–Crippen MR) is 108 cm³/mol. The number of esters is 1. The van der Waals surface area contributed by atoms with Crippen molar-refractivity contribution < 1.29 is 19.4 Å². The van der Waals surface area contributed by atoms with Crippen LogP contribution in [0.4, 0.5) is 0 Å². The second kappa shape index (κ2) is 14.7. The van der Waals surface area contributed by atoms with Gasteiger partial charge in [0.05, 0.1) is 18.8 Å². The van der Waals surface area contributed by atoms with Crippen LogP contribution in [-0.2, 0) is 14.3 Å². The molecule has 0 spiro atoms. The molecule has 1 saturated heterocycles. The van der Waals surface area contributed by atoms with E-state index < -0.39 is 6.10 Å². The number of piperidine rings is 1. The average molecular weight is 382 g/mol. The van der Waals surface area contributed by atoms with Crippen molar-refractivity contribution in [2.45, 2.75) is 103 Å². The monoisotopic (exact) mass is 381 g/mol. The van der Waals surface area contributed by atoms with Gasteiger partial charge in [-0.3, -0.25) is 9.59 Å². The lowest BCUT2D eigenvalue weighted by molar-refractivity contribution is -0.143. The molecule has 0 aromatic rings. The van der Waals surface area contributed by atoms with Crippen molar-refractivity contribution in [2.24, 2.45) is 0 Å². The fraction of sp³-hybridized carbons (Fsp3) is 0.818. The Morgan fingerprint density at radius 3 is 2.63 bits per heavy atom. The van der Waals surface area contributed by atoms with Crippen molar-refractivity contribution in [1.29, 1.82) is 0 Å². The molecule has 0 aromatic heterocycles. The summed E-state index contributed by atoms with van der Waals surface area (Å²) in [4.78, 5) is 25.9. The first-order valence-corrected chi connectivity index (χ1v) is 10.9. The molecule has 1 aliphatic rings. The molecule has 1 amide bonds. The highest BCUT2D eigenvalue weighted by Crippen LogP contribution is 2.20. The number of likely N-dealkylation sites (tertiary alicyclic amines) is 1. The lowest BCUT2D eigenvalue weighted by Crippen LogP contribution is -2.42. The largest absolute Gasteiger partial charge is 0.466 e. The number of amides is 1. The van der Waals surface area contributed by atoms with Crippen LogP contribution < -0.4 is 0 Å². The van der Waals surface area contributed by atoms with E-state index >= 15 is 0 Å². The van der Waals surface area contributed by atoms with Crippen LogP contribution in [0.25, 0.3) is 0 Å². The second-order valence-corrected chi connectivity index (χ2v) is 7.46. The number of hydrogen-bond acceptors (Lipinski definition) is 4. The second-order valence-electron chi connectivity index (χ2n) is 7.46. The lowest BCUT2D eigenvalue weighted by atomic mass is 9.99. The quantitative estimate of drug-likeness (QED) is 0.292. The summed E-state index contributed by atoms with van der Waals surface area (Å²) >= 11 is 0. The van der Waals surface area contributed by atoms with Gasteiger partial charge in [-0.1, -0.05) is 44.8 Å². The molecule has 0 saturated carbocycles. The van der Waals surface area contributed by atoms with Crippen molar-refractivity contribution in [1.82, 2.24) is 4.90 Å². The van der Waals surface area contributed by atoms with Crippen molar-refractivity contribution in [2.75, 3.05) is 13.2 Å². The first-order chi connectivity index (χ1) is 13.1. The van der Waals surface area contributed by atoms with Crippen LogP contribution >= 0.6 is 0 Å². The third-order valence-corrected chi connectivity index (χ3v) is 5.11. The van der Waals surface area contributed by atoms with Crippen molar-refractivity contribution in [3.63, 3.8) is 0 Å². The van der Waals surface area contributed by atoms with Crippen LogP contribution in [0.3, 0.4) is 0 Å². The molecule has 0 radical (unpaired) electrons. The molecule has 5 heteroatoms. The van der Waals surface area contributed by atoms with E-state index in [-0.39, 0.29) is 17.9 Å². The molecule has 1 heterocycles. The van der Waals surface area contributed by atoms with Gasteiger partial charge in [0.2, 0.25) is 5.91 Å². The van der Waals surface area contributed by atoms with Gasteiger partial charge in [0, 0.05) is 19.4 Å². The van der Waals surface area contributed by atoms with Gasteiger partial charge in [0.25, 0.3) is 0 Å². The fourth-order valence-electron chi connectivity index (χ4n) is 3.52. The highest BCUT2D eigenvalue weighted by Gasteiger charge is 2.24. The number of aliphatic hydroxyl groups is 1. The van der Waals surface area contributed by atoms with Gasteiger partial charge in [-0.05, 0) is 45.4 Å². The van der Waals surface area contributed by atoms with Gasteiger partial charge in [0.1, 0.15) is 0 Å². The molecule has 156 valence electrons. The van der Waals surface area contributed by atoms with Gasteiger partial charge in [-0.15, -0.1) is 0 Å². The third-order valence-electron chi connectivity index (χ3n) is 5.11. The minimum Gasteiger partial charge on any atom is -0.466 e. The zero-order chi connectivity index (χ0) is 19.9. The standard InChI is InChI=1S/C22H39NO4/c1-3-5-7-13-20(24)17-16-19-12-10-11-18-23(19)21(25)14-8-6-9-15-22(26)27-4-2/h16-17,19-20,24H,3-15,18H2,1-2H3/b17-16+. The highest BCUT2D eigenvalue weighted by molar-refractivity contribution is 5.76. The Bertz CT molecular complexity index is 450. The van der Waals surface area contributed by atoms with Gasteiger partial charge in [-0.2, -0.15) is 0 Å². The number of carbonyl (C=O) groups excluding carboxylic acids is 2. The number of nitrogens with zero attached hydrogens (tertiary/aromatic N) is 1. The fourth-order valence-corrected chi connectivity index (χ4v) is 3.52. The minimum atomic E-state index is -0.404. The van der Waals surface area contributed by atoms with E-state index in [4.69, 9.17) is 4.74 Å². The molecule has 1 rings (SSSR count). The van der Waals surface area contributed by atoms with E-state index in [2.05, 4.69) is 6.92 Å².